The van der Waals surface area contributed by atoms with Crippen LogP contribution in [0, 0.1) is 11.8 Å². The fourth-order valence-corrected chi connectivity index (χ4v) is 3.89. The van der Waals surface area contributed by atoms with Gasteiger partial charge in [-0.05, 0) is 54.7 Å². The van der Waals surface area contributed by atoms with E-state index in [9.17, 15) is 9.59 Å². The minimum absolute atomic E-state index is 0.103. The van der Waals surface area contributed by atoms with E-state index in [2.05, 4.69) is 12.2 Å². The van der Waals surface area contributed by atoms with Crippen LogP contribution in [-0.4, -0.2) is 11.9 Å². The number of rotatable bonds is 6. The largest absolute Gasteiger partial charge is 0.461 e. The van der Waals surface area contributed by atoms with Gasteiger partial charge in [-0.3, -0.25) is 9.59 Å². The number of carbonyl (C=O) groups is 2. The van der Waals surface area contributed by atoms with Crippen molar-refractivity contribution in [2.75, 3.05) is 5.32 Å². The molecule has 1 saturated carbocycles. The first-order chi connectivity index (χ1) is 13.6. The van der Waals surface area contributed by atoms with Crippen molar-refractivity contribution in [3.05, 3.63) is 64.7 Å². The third-order valence-corrected chi connectivity index (χ3v) is 5.54. The lowest BCUT2D eigenvalue weighted by atomic mass is 9.78. The monoisotopic (exact) mass is 399 g/mol. The van der Waals surface area contributed by atoms with E-state index in [4.69, 9.17) is 16.3 Å². The summed E-state index contributed by atoms with van der Waals surface area (Å²) in [5.74, 6) is -1.16. The summed E-state index contributed by atoms with van der Waals surface area (Å²) in [4.78, 5) is 25.5. The van der Waals surface area contributed by atoms with Crippen molar-refractivity contribution in [1.82, 2.24) is 0 Å². The number of amides is 1. The van der Waals surface area contributed by atoms with Crippen molar-refractivity contribution < 1.29 is 14.3 Å². The van der Waals surface area contributed by atoms with Crippen LogP contribution in [-0.2, 0) is 27.4 Å². The van der Waals surface area contributed by atoms with E-state index in [1.165, 1.54) is 5.56 Å². The topological polar surface area (TPSA) is 55.4 Å². The molecule has 1 fully saturated rings. The summed E-state index contributed by atoms with van der Waals surface area (Å²) in [7, 11) is 0. The van der Waals surface area contributed by atoms with Crippen molar-refractivity contribution in [2.45, 2.75) is 45.6 Å². The summed E-state index contributed by atoms with van der Waals surface area (Å²) in [6, 6.07) is 15.1. The molecule has 0 bridgehead atoms. The molecule has 3 rings (SSSR count). The van der Waals surface area contributed by atoms with Crippen molar-refractivity contribution in [3.63, 3.8) is 0 Å². The van der Waals surface area contributed by atoms with Crippen molar-refractivity contribution in [2.24, 2.45) is 11.8 Å². The molecule has 1 N–H and O–H groups in total. The molecule has 148 valence electrons. The summed E-state index contributed by atoms with van der Waals surface area (Å²) < 4.78 is 5.51. The van der Waals surface area contributed by atoms with Gasteiger partial charge >= 0.3 is 5.97 Å². The Hall–Kier alpha value is -2.33. The molecule has 1 aliphatic carbocycles. The van der Waals surface area contributed by atoms with Gasteiger partial charge in [-0.2, -0.15) is 0 Å². The molecule has 28 heavy (non-hydrogen) atoms. The van der Waals surface area contributed by atoms with Crippen LogP contribution in [0.5, 0.6) is 0 Å². The van der Waals surface area contributed by atoms with Gasteiger partial charge in [-0.15, -0.1) is 0 Å². The third kappa shape index (κ3) is 5.35. The van der Waals surface area contributed by atoms with Crippen molar-refractivity contribution >= 4 is 29.2 Å². The highest BCUT2D eigenvalue weighted by molar-refractivity contribution is 6.30. The van der Waals surface area contributed by atoms with E-state index < -0.39 is 5.92 Å². The number of esters is 1. The first-order valence-electron chi connectivity index (χ1n) is 9.87. The Morgan fingerprint density at radius 2 is 1.75 bits per heavy atom. The second-order valence-corrected chi connectivity index (χ2v) is 7.71. The average Bonchev–Trinajstić information content (AvgIpc) is 2.72. The van der Waals surface area contributed by atoms with Gasteiger partial charge in [0.05, 0.1) is 11.8 Å². The Kier molecular flexibility index (Phi) is 7.10. The molecule has 5 heteroatoms. The fourth-order valence-electron chi connectivity index (χ4n) is 3.67. The molecule has 0 aliphatic heterocycles. The summed E-state index contributed by atoms with van der Waals surface area (Å²) in [6.45, 7) is 2.26. The van der Waals surface area contributed by atoms with Gasteiger partial charge in [0, 0.05) is 10.7 Å². The second kappa shape index (κ2) is 9.74. The van der Waals surface area contributed by atoms with Crippen LogP contribution in [0.1, 0.15) is 43.7 Å². The molecular formula is C23H26ClNO3. The van der Waals surface area contributed by atoms with E-state index in [0.29, 0.717) is 17.9 Å². The molecule has 2 aromatic rings. The maximum absolute atomic E-state index is 12.8. The lowest BCUT2D eigenvalue weighted by molar-refractivity contribution is -0.155. The Morgan fingerprint density at radius 3 is 2.43 bits per heavy atom. The van der Waals surface area contributed by atoms with Crippen molar-refractivity contribution in [1.29, 1.82) is 0 Å². The number of benzene rings is 2. The molecule has 0 spiro atoms. The first-order valence-corrected chi connectivity index (χ1v) is 10.3. The minimum Gasteiger partial charge on any atom is -0.461 e. The zero-order valence-electron chi connectivity index (χ0n) is 16.1. The Labute approximate surface area is 171 Å². The lowest BCUT2D eigenvalue weighted by Crippen LogP contribution is -2.37. The summed E-state index contributed by atoms with van der Waals surface area (Å²) >= 11 is 5.98. The van der Waals surface area contributed by atoms with Gasteiger partial charge in [-0.1, -0.05) is 55.6 Å². The molecule has 2 aromatic carbocycles. The highest BCUT2D eigenvalue weighted by Crippen LogP contribution is 2.32. The lowest BCUT2D eigenvalue weighted by Gasteiger charge is -2.29. The number of anilines is 1. The average molecular weight is 400 g/mol. The number of hydrogen-bond donors (Lipinski definition) is 1. The van der Waals surface area contributed by atoms with Crippen LogP contribution >= 0.6 is 11.6 Å². The maximum Gasteiger partial charge on any atom is 0.310 e. The predicted octanol–water partition coefficient (Wildman–Crippen LogP) is 5.39. The SMILES string of the molecule is CCc1ccc(NC(=O)[C@H]2CCCC[C@@H]2C(=O)OCc2cccc(Cl)c2)cc1. The summed E-state index contributed by atoms with van der Waals surface area (Å²) in [6.07, 6.45) is 4.23. The Bertz CT molecular complexity index is 819. The second-order valence-electron chi connectivity index (χ2n) is 7.27. The predicted molar refractivity (Wildman–Crippen MR) is 111 cm³/mol. The third-order valence-electron chi connectivity index (χ3n) is 5.31. The Balaban J connectivity index is 1.61. The molecule has 0 radical (unpaired) electrons. The van der Waals surface area contributed by atoms with Gasteiger partial charge in [-0.25, -0.2) is 0 Å². The van der Waals surface area contributed by atoms with Crippen LogP contribution in [0.15, 0.2) is 48.5 Å². The molecule has 0 saturated heterocycles. The van der Waals surface area contributed by atoms with E-state index in [0.717, 1.165) is 30.5 Å². The van der Waals surface area contributed by atoms with E-state index in [1.54, 1.807) is 12.1 Å². The van der Waals surface area contributed by atoms with Crippen LogP contribution in [0.2, 0.25) is 5.02 Å². The number of nitrogens with one attached hydrogen (secondary N) is 1. The van der Waals surface area contributed by atoms with Crippen molar-refractivity contribution in [3.8, 4) is 0 Å². The minimum atomic E-state index is -0.400. The van der Waals surface area contributed by atoms with Crippen LogP contribution in [0.3, 0.4) is 0 Å². The first kappa shape index (κ1) is 20.4. The number of ether oxygens (including phenoxy) is 1. The molecule has 1 amide bonds. The quantitative estimate of drug-likeness (QED) is 0.662. The van der Waals surface area contributed by atoms with Crippen LogP contribution in [0.25, 0.3) is 0 Å². The van der Waals surface area contributed by atoms with E-state index in [-0.39, 0.29) is 24.4 Å². The summed E-state index contributed by atoms with van der Waals surface area (Å²) in [5, 5.41) is 3.57. The molecule has 0 heterocycles. The van der Waals surface area contributed by atoms with Gasteiger partial charge in [0.1, 0.15) is 6.61 Å². The Morgan fingerprint density at radius 1 is 1.04 bits per heavy atom. The van der Waals surface area contributed by atoms with Gasteiger partial charge < -0.3 is 10.1 Å². The van der Waals surface area contributed by atoms with E-state index in [1.807, 2.05) is 36.4 Å². The smallest absolute Gasteiger partial charge is 0.310 e. The number of halogens is 1. The van der Waals surface area contributed by atoms with E-state index >= 15 is 0 Å². The maximum atomic E-state index is 12.8. The molecule has 0 aromatic heterocycles. The summed E-state index contributed by atoms with van der Waals surface area (Å²) in [5.41, 5.74) is 2.82. The van der Waals surface area contributed by atoms with Gasteiger partial charge in [0.25, 0.3) is 0 Å². The molecule has 4 nitrogen and oxygen atoms in total. The molecule has 2 atom stereocenters. The standard InChI is InChI=1S/C23H26ClNO3/c1-2-16-10-12-19(13-11-16)25-22(26)20-8-3-4-9-21(20)23(27)28-15-17-6-5-7-18(24)14-17/h5-7,10-14,20-21H,2-4,8-9,15H2,1H3,(H,25,26)/t20-,21-/m0/s1. The zero-order chi connectivity index (χ0) is 19.9. The zero-order valence-corrected chi connectivity index (χ0v) is 16.9. The number of carbonyl (C=O) groups excluding carboxylic acids is 2. The normalized spacial score (nSPS) is 19.1. The molecule has 0 unspecified atom stereocenters. The fraction of sp³-hybridized carbons (Fsp3) is 0.391. The molecule has 1 aliphatic rings. The van der Waals surface area contributed by atoms with Crippen LogP contribution < -0.4 is 5.32 Å². The number of aryl methyl sites for hydroxylation is 1. The van der Waals surface area contributed by atoms with Gasteiger partial charge in [0.15, 0.2) is 0 Å². The van der Waals surface area contributed by atoms with Crippen LogP contribution in [0.4, 0.5) is 5.69 Å². The number of hydrogen-bond acceptors (Lipinski definition) is 3. The highest BCUT2D eigenvalue weighted by atomic mass is 35.5. The van der Waals surface area contributed by atoms with Gasteiger partial charge in [0.2, 0.25) is 5.91 Å². The highest BCUT2D eigenvalue weighted by Gasteiger charge is 2.36. The molecular weight excluding hydrogens is 374 g/mol.